The maximum atomic E-state index is 12.8. The SMILES string of the molecule is O=C(O)CO[C@@H](c1ccc(F)c(Cl)c1)C(F)(F)F. The monoisotopic (exact) mass is 286 g/mol. The van der Waals surface area contributed by atoms with Crippen molar-refractivity contribution in [1.82, 2.24) is 0 Å². The van der Waals surface area contributed by atoms with Crippen LogP contribution in [0.5, 0.6) is 0 Å². The van der Waals surface area contributed by atoms with E-state index in [1.54, 1.807) is 0 Å². The van der Waals surface area contributed by atoms with Gasteiger partial charge in [-0.25, -0.2) is 9.18 Å². The molecule has 0 radical (unpaired) electrons. The third-order valence-corrected chi connectivity index (χ3v) is 2.21. The molecular weight excluding hydrogens is 280 g/mol. The van der Waals surface area contributed by atoms with Gasteiger partial charge in [0.05, 0.1) is 5.02 Å². The molecule has 1 rings (SSSR count). The third kappa shape index (κ3) is 3.85. The Morgan fingerprint density at radius 2 is 2.06 bits per heavy atom. The van der Waals surface area contributed by atoms with Crippen LogP contribution in [0.3, 0.4) is 0 Å². The van der Waals surface area contributed by atoms with E-state index in [-0.39, 0.29) is 0 Å². The summed E-state index contributed by atoms with van der Waals surface area (Å²) in [6.07, 6.45) is -7.29. The maximum absolute atomic E-state index is 12.8. The Kier molecular flexibility index (Phi) is 4.53. The van der Waals surface area contributed by atoms with E-state index in [9.17, 15) is 22.4 Å². The molecule has 0 aliphatic rings. The number of hydrogen-bond donors (Lipinski definition) is 1. The van der Waals surface area contributed by atoms with E-state index in [1.165, 1.54) is 0 Å². The van der Waals surface area contributed by atoms with Crippen molar-refractivity contribution in [3.05, 3.63) is 34.6 Å². The number of hydrogen-bond acceptors (Lipinski definition) is 2. The van der Waals surface area contributed by atoms with Crippen LogP contribution in [0, 0.1) is 5.82 Å². The van der Waals surface area contributed by atoms with Gasteiger partial charge >= 0.3 is 12.1 Å². The van der Waals surface area contributed by atoms with Gasteiger partial charge in [0.15, 0.2) is 6.10 Å². The molecule has 0 unspecified atom stereocenters. The lowest BCUT2D eigenvalue weighted by Crippen LogP contribution is -2.26. The van der Waals surface area contributed by atoms with Crippen LogP contribution in [-0.4, -0.2) is 23.9 Å². The minimum atomic E-state index is -4.82. The fraction of sp³-hybridized carbons (Fsp3) is 0.300. The number of carbonyl (C=O) groups is 1. The molecule has 0 saturated heterocycles. The van der Waals surface area contributed by atoms with Crippen molar-refractivity contribution in [3.63, 3.8) is 0 Å². The highest BCUT2D eigenvalue weighted by Gasteiger charge is 2.42. The summed E-state index contributed by atoms with van der Waals surface area (Å²) in [6.45, 7) is -1.13. The Labute approximate surface area is 104 Å². The highest BCUT2D eigenvalue weighted by molar-refractivity contribution is 6.30. The van der Waals surface area contributed by atoms with Crippen LogP contribution in [0.25, 0.3) is 0 Å². The second-order valence-corrected chi connectivity index (χ2v) is 3.71. The Balaban J connectivity index is 3.02. The van der Waals surface area contributed by atoms with Crippen LogP contribution in [-0.2, 0) is 9.53 Å². The van der Waals surface area contributed by atoms with Gasteiger partial charge in [0, 0.05) is 0 Å². The quantitative estimate of drug-likeness (QED) is 0.865. The first-order chi connectivity index (χ1) is 8.21. The Morgan fingerprint density at radius 1 is 1.44 bits per heavy atom. The van der Waals surface area contributed by atoms with Crippen LogP contribution in [0.4, 0.5) is 17.6 Å². The standard InChI is InChI=1S/C10H7ClF4O3/c11-6-3-5(1-2-7(6)12)9(10(13,14)15)18-4-8(16)17/h1-3,9H,4H2,(H,16,17)/t9-/m0/s1. The first-order valence-corrected chi connectivity index (χ1v) is 4.94. The lowest BCUT2D eigenvalue weighted by Gasteiger charge is -2.20. The summed E-state index contributed by atoms with van der Waals surface area (Å²) >= 11 is 5.36. The van der Waals surface area contributed by atoms with E-state index in [1.807, 2.05) is 0 Å². The smallest absolute Gasteiger partial charge is 0.418 e. The topological polar surface area (TPSA) is 46.5 Å². The molecule has 0 amide bonds. The molecule has 0 heterocycles. The predicted octanol–water partition coefficient (Wildman–Crippen LogP) is 3.18. The van der Waals surface area contributed by atoms with Gasteiger partial charge in [-0.1, -0.05) is 17.7 Å². The molecule has 3 nitrogen and oxygen atoms in total. The average Bonchev–Trinajstić information content (AvgIpc) is 2.21. The Hall–Kier alpha value is -1.34. The van der Waals surface area contributed by atoms with Crippen molar-refractivity contribution in [2.75, 3.05) is 6.61 Å². The van der Waals surface area contributed by atoms with Crippen molar-refractivity contribution in [2.45, 2.75) is 12.3 Å². The zero-order valence-corrected chi connectivity index (χ0v) is 9.43. The molecular formula is C10H7ClF4O3. The zero-order chi connectivity index (χ0) is 13.9. The minimum Gasteiger partial charge on any atom is -0.480 e. The van der Waals surface area contributed by atoms with E-state index < -0.39 is 41.3 Å². The summed E-state index contributed by atoms with van der Waals surface area (Å²) in [5, 5.41) is 7.80. The zero-order valence-electron chi connectivity index (χ0n) is 8.67. The molecule has 0 aromatic heterocycles. The van der Waals surface area contributed by atoms with Gasteiger partial charge in [0.2, 0.25) is 0 Å². The molecule has 0 saturated carbocycles. The van der Waals surface area contributed by atoms with E-state index in [0.29, 0.717) is 0 Å². The molecule has 1 aromatic carbocycles. The molecule has 0 aliphatic heterocycles. The van der Waals surface area contributed by atoms with Gasteiger partial charge in [0.1, 0.15) is 12.4 Å². The van der Waals surface area contributed by atoms with Crippen molar-refractivity contribution in [1.29, 1.82) is 0 Å². The first-order valence-electron chi connectivity index (χ1n) is 4.57. The molecule has 0 spiro atoms. The summed E-state index contributed by atoms with van der Waals surface area (Å²) in [5.74, 6) is -2.42. The van der Waals surface area contributed by atoms with E-state index in [4.69, 9.17) is 16.7 Å². The summed E-state index contributed by atoms with van der Waals surface area (Å²) in [6, 6.07) is 2.33. The molecule has 1 atom stereocenters. The lowest BCUT2D eigenvalue weighted by molar-refractivity contribution is -0.225. The van der Waals surface area contributed by atoms with Gasteiger partial charge < -0.3 is 9.84 Å². The van der Waals surface area contributed by atoms with Crippen molar-refractivity contribution < 1.29 is 32.2 Å². The molecule has 1 aromatic rings. The van der Waals surface area contributed by atoms with E-state index in [0.717, 1.165) is 18.2 Å². The fourth-order valence-corrected chi connectivity index (χ4v) is 1.40. The van der Waals surface area contributed by atoms with Crippen LogP contribution in [0.1, 0.15) is 11.7 Å². The van der Waals surface area contributed by atoms with E-state index in [2.05, 4.69) is 4.74 Å². The highest BCUT2D eigenvalue weighted by atomic mass is 35.5. The number of halogens is 5. The minimum absolute atomic E-state index is 0.463. The largest absolute Gasteiger partial charge is 0.480 e. The van der Waals surface area contributed by atoms with Gasteiger partial charge in [-0.15, -0.1) is 0 Å². The summed E-state index contributed by atoms with van der Waals surface area (Å²) in [4.78, 5) is 10.2. The van der Waals surface area contributed by atoms with Crippen molar-refractivity contribution in [2.24, 2.45) is 0 Å². The van der Waals surface area contributed by atoms with Crippen molar-refractivity contribution in [3.8, 4) is 0 Å². The molecule has 0 fully saturated rings. The molecule has 1 N–H and O–H groups in total. The second kappa shape index (κ2) is 5.53. The first kappa shape index (κ1) is 14.7. The number of aliphatic carboxylic acids is 1. The van der Waals surface area contributed by atoms with Gasteiger partial charge in [-0.2, -0.15) is 13.2 Å². The average molecular weight is 287 g/mol. The molecule has 0 aliphatic carbocycles. The number of carboxylic acids is 1. The summed E-state index contributed by atoms with van der Waals surface area (Å²) in [7, 11) is 0. The Bertz CT molecular complexity index is 447. The van der Waals surface area contributed by atoms with Crippen LogP contribution in [0.2, 0.25) is 5.02 Å². The van der Waals surface area contributed by atoms with Crippen LogP contribution < -0.4 is 0 Å². The number of ether oxygens (including phenoxy) is 1. The Morgan fingerprint density at radius 3 is 2.50 bits per heavy atom. The third-order valence-electron chi connectivity index (χ3n) is 1.92. The molecule has 0 bridgehead atoms. The molecule has 18 heavy (non-hydrogen) atoms. The predicted molar refractivity (Wildman–Crippen MR) is 53.8 cm³/mol. The van der Waals surface area contributed by atoms with Gasteiger partial charge in [-0.05, 0) is 17.7 Å². The van der Waals surface area contributed by atoms with Crippen LogP contribution >= 0.6 is 11.6 Å². The fourth-order valence-electron chi connectivity index (χ4n) is 1.21. The normalized spacial score (nSPS) is 13.4. The maximum Gasteiger partial charge on any atom is 0.418 e. The second-order valence-electron chi connectivity index (χ2n) is 3.30. The molecule has 8 heteroatoms. The summed E-state index contributed by atoms with van der Waals surface area (Å²) < 4.78 is 55.0. The lowest BCUT2D eigenvalue weighted by atomic mass is 10.1. The number of benzene rings is 1. The number of rotatable bonds is 4. The van der Waals surface area contributed by atoms with Crippen LogP contribution in [0.15, 0.2) is 18.2 Å². The number of carboxylic acid groups (broad SMARTS) is 1. The molecule has 100 valence electrons. The number of alkyl halides is 3. The van der Waals surface area contributed by atoms with E-state index >= 15 is 0 Å². The van der Waals surface area contributed by atoms with Crippen molar-refractivity contribution >= 4 is 17.6 Å². The van der Waals surface area contributed by atoms with Gasteiger partial charge in [0.25, 0.3) is 0 Å². The highest BCUT2D eigenvalue weighted by Crippen LogP contribution is 2.36. The summed E-state index contributed by atoms with van der Waals surface area (Å²) in [5.41, 5.74) is -0.463. The van der Waals surface area contributed by atoms with Gasteiger partial charge in [-0.3, -0.25) is 0 Å².